The van der Waals surface area contributed by atoms with Crippen LogP contribution in [0.25, 0.3) is 0 Å². The van der Waals surface area contributed by atoms with Crippen molar-refractivity contribution < 1.29 is 19.4 Å². The fourth-order valence-electron chi connectivity index (χ4n) is 3.29. The minimum Gasteiger partial charge on any atom is -0.461 e. The van der Waals surface area contributed by atoms with Gasteiger partial charge in [0.25, 0.3) is 0 Å². The van der Waals surface area contributed by atoms with Gasteiger partial charge in [-0.3, -0.25) is 9.59 Å². The lowest BCUT2D eigenvalue weighted by Crippen LogP contribution is -2.36. The van der Waals surface area contributed by atoms with Crippen molar-refractivity contribution in [1.82, 2.24) is 0 Å². The quantitative estimate of drug-likeness (QED) is 0.184. The summed E-state index contributed by atoms with van der Waals surface area (Å²) in [4.78, 5) is 26.4. The molecule has 4 nitrogen and oxygen atoms in total. The maximum atomic E-state index is 13.2. The molecule has 3 rings (SSSR count). The third-order valence-electron chi connectivity index (χ3n) is 4.92. The van der Waals surface area contributed by atoms with Crippen molar-refractivity contribution in [2.24, 2.45) is 0 Å². The van der Waals surface area contributed by atoms with Gasteiger partial charge in [-0.25, -0.2) is 0 Å². The van der Waals surface area contributed by atoms with Gasteiger partial charge in [0.15, 0.2) is 11.4 Å². The van der Waals surface area contributed by atoms with Crippen molar-refractivity contribution in [1.29, 1.82) is 0 Å². The van der Waals surface area contributed by atoms with Crippen LogP contribution in [0.4, 0.5) is 0 Å². The van der Waals surface area contributed by atoms with Crippen LogP contribution in [-0.4, -0.2) is 29.2 Å². The molecule has 0 fully saturated rings. The second kappa shape index (κ2) is 11.5. The van der Waals surface area contributed by atoms with E-state index >= 15 is 0 Å². The zero-order chi connectivity index (χ0) is 22.8. The van der Waals surface area contributed by atoms with Crippen molar-refractivity contribution in [2.75, 3.05) is 12.4 Å². The molecule has 164 valence electrons. The Kier molecular flexibility index (Phi) is 8.42. The number of carbonyl (C=O) groups excluding carboxylic acids is 2. The van der Waals surface area contributed by atoms with Gasteiger partial charge in [-0.1, -0.05) is 85.4 Å². The molecule has 3 aromatic carbocycles. The summed E-state index contributed by atoms with van der Waals surface area (Å²) in [5.74, 6) is -0.154. The van der Waals surface area contributed by atoms with E-state index in [1.54, 1.807) is 60.3 Å². The largest absolute Gasteiger partial charge is 0.461 e. The number of rotatable bonds is 11. The lowest BCUT2D eigenvalue weighted by molar-refractivity contribution is -0.142. The van der Waals surface area contributed by atoms with Gasteiger partial charge in [0.05, 0.1) is 6.42 Å². The standard InChI is InChI=1S/C27H26O4S/c1-21(20-31-25(28)17-18-32-24-15-9-4-10-16-24)19-27(30,23-13-7-3-8-14-23)26(29)22-11-5-2-6-12-22/h2-16,30H,1,17-20H2. The summed E-state index contributed by atoms with van der Waals surface area (Å²) in [6, 6.07) is 27.3. The average Bonchev–Trinajstić information content (AvgIpc) is 2.84. The van der Waals surface area contributed by atoms with E-state index in [9.17, 15) is 14.7 Å². The van der Waals surface area contributed by atoms with Gasteiger partial charge < -0.3 is 9.84 Å². The molecule has 1 N–H and O–H groups in total. The summed E-state index contributed by atoms with van der Waals surface area (Å²) < 4.78 is 5.33. The number of aliphatic hydroxyl groups is 1. The van der Waals surface area contributed by atoms with Crippen LogP contribution < -0.4 is 0 Å². The third kappa shape index (κ3) is 6.42. The Hall–Kier alpha value is -3.15. The van der Waals surface area contributed by atoms with Crippen LogP contribution in [0, 0.1) is 0 Å². The third-order valence-corrected chi connectivity index (χ3v) is 5.94. The summed E-state index contributed by atoms with van der Waals surface area (Å²) >= 11 is 1.58. The monoisotopic (exact) mass is 446 g/mol. The number of hydrogen-bond acceptors (Lipinski definition) is 5. The Bertz CT molecular complexity index is 1040. The molecule has 0 radical (unpaired) electrons. The lowest BCUT2D eigenvalue weighted by atomic mass is 9.81. The Balaban J connectivity index is 1.59. The topological polar surface area (TPSA) is 63.6 Å². The second-order valence-electron chi connectivity index (χ2n) is 7.42. The molecule has 32 heavy (non-hydrogen) atoms. The van der Waals surface area contributed by atoms with Crippen LogP contribution in [0.5, 0.6) is 0 Å². The smallest absolute Gasteiger partial charge is 0.306 e. The number of ether oxygens (including phenoxy) is 1. The van der Waals surface area contributed by atoms with Crippen LogP contribution in [0.3, 0.4) is 0 Å². The molecule has 5 heteroatoms. The Morgan fingerprint density at radius 2 is 1.44 bits per heavy atom. The molecule has 1 unspecified atom stereocenters. The fourth-order valence-corrected chi connectivity index (χ4v) is 4.15. The maximum Gasteiger partial charge on any atom is 0.306 e. The first kappa shape index (κ1) is 23.5. The zero-order valence-corrected chi connectivity index (χ0v) is 18.6. The first-order valence-electron chi connectivity index (χ1n) is 10.4. The summed E-state index contributed by atoms with van der Waals surface area (Å²) in [7, 11) is 0. The van der Waals surface area contributed by atoms with Gasteiger partial charge >= 0.3 is 5.97 Å². The molecule has 0 bridgehead atoms. The number of benzene rings is 3. The number of carbonyl (C=O) groups is 2. The molecule has 0 heterocycles. The van der Waals surface area contributed by atoms with E-state index in [2.05, 4.69) is 6.58 Å². The molecule has 0 aliphatic carbocycles. The van der Waals surface area contributed by atoms with E-state index in [0.717, 1.165) is 4.90 Å². The number of hydrogen-bond donors (Lipinski definition) is 1. The summed E-state index contributed by atoms with van der Waals surface area (Å²) in [6.07, 6.45) is 0.218. The first-order valence-corrected chi connectivity index (χ1v) is 11.4. The van der Waals surface area contributed by atoms with Crippen LogP contribution >= 0.6 is 11.8 Å². The minimum atomic E-state index is -1.80. The van der Waals surface area contributed by atoms with Crippen molar-refractivity contribution in [2.45, 2.75) is 23.3 Å². The summed E-state index contributed by atoms with van der Waals surface area (Å²) in [6.45, 7) is 3.90. The van der Waals surface area contributed by atoms with Crippen LogP contribution in [-0.2, 0) is 15.1 Å². The summed E-state index contributed by atoms with van der Waals surface area (Å²) in [5, 5.41) is 11.5. The lowest BCUT2D eigenvalue weighted by Gasteiger charge is -2.28. The maximum absolute atomic E-state index is 13.2. The number of Topliss-reactive ketones (excluding diaryl/α,β-unsaturated/α-hetero) is 1. The number of thioether (sulfide) groups is 1. The van der Waals surface area contributed by atoms with E-state index < -0.39 is 11.4 Å². The van der Waals surface area contributed by atoms with Gasteiger partial charge in [-0.15, -0.1) is 11.8 Å². The average molecular weight is 447 g/mol. The van der Waals surface area contributed by atoms with E-state index in [4.69, 9.17) is 4.74 Å². The Labute approximate surface area is 192 Å². The molecule has 0 aliphatic rings. The highest BCUT2D eigenvalue weighted by Gasteiger charge is 2.38. The molecule has 3 aromatic rings. The molecule has 0 saturated heterocycles. The SMILES string of the molecule is C=C(COC(=O)CCSc1ccccc1)CC(O)(C(=O)c1ccccc1)c1ccccc1. The van der Waals surface area contributed by atoms with Gasteiger partial charge in [-0.2, -0.15) is 0 Å². The molecule has 0 saturated carbocycles. The van der Waals surface area contributed by atoms with E-state index in [1.807, 2.05) is 42.5 Å². The fraction of sp³-hybridized carbons (Fsp3) is 0.185. The number of esters is 1. The number of ketones is 1. The van der Waals surface area contributed by atoms with Gasteiger partial charge in [-0.05, 0) is 23.3 Å². The normalized spacial score (nSPS) is 12.5. The minimum absolute atomic E-state index is 0.0449. The van der Waals surface area contributed by atoms with E-state index in [-0.39, 0.29) is 25.4 Å². The molecular formula is C27H26O4S. The highest BCUT2D eigenvalue weighted by Crippen LogP contribution is 2.32. The van der Waals surface area contributed by atoms with E-state index in [1.165, 1.54) is 0 Å². The molecular weight excluding hydrogens is 420 g/mol. The predicted octanol–water partition coefficient (Wildman–Crippen LogP) is 5.43. The van der Waals surface area contributed by atoms with Crippen molar-refractivity contribution >= 4 is 23.5 Å². The van der Waals surface area contributed by atoms with Gasteiger partial charge in [0, 0.05) is 22.6 Å². The van der Waals surface area contributed by atoms with Crippen LogP contribution in [0.1, 0.15) is 28.8 Å². The highest BCUT2D eigenvalue weighted by molar-refractivity contribution is 7.99. The molecule has 1 atom stereocenters. The predicted molar refractivity (Wildman–Crippen MR) is 128 cm³/mol. The second-order valence-corrected chi connectivity index (χ2v) is 8.59. The van der Waals surface area contributed by atoms with Crippen LogP contribution in [0.2, 0.25) is 0 Å². The van der Waals surface area contributed by atoms with Crippen LogP contribution in [0.15, 0.2) is 108 Å². The first-order chi connectivity index (χ1) is 15.5. The molecule has 0 aromatic heterocycles. The summed E-state index contributed by atoms with van der Waals surface area (Å²) in [5.41, 5.74) is -0.457. The Morgan fingerprint density at radius 1 is 0.875 bits per heavy atom. The van der Waals surface area contributed by atoms with Crippen molar-refractivity contribution in [3.63, 3.8) is 0 Å². The molecule has 0 spiro atoms. The van der Waals surface area contributed by atoms with Crippen molar-refractivity contribution in [3.8, 4) is 0 Å². The highest BCUT2D eigenvalue weighted by atomic mass is 32.2. The molecule has 0 aliphatic heterocycles. The van der Waals surface area contributed by atoms with E-state index in [0.29, 0.717) is 22.5 Å². The Morgan fingerprint density at radius 3 is 2.06 bits per heavy atom. The van der Waals surface area contributed by atoms with Gasteiger partial charge in [0.1, 0.15) is 6.61 Å². The van der Waals surface area contributed by atoms with Crippen molar-refractivity contribution in [3.05, 3.63) is 114 Å². The van der Waals surface area contributed by atoms with Gasteiger partial charge in [0.2, 0.25) is 0 Å². The molecule has 0 amide bonds. The zero-order valence-electron chi connectivity index (χ0n) is 17.8.